The third-order valence-electron chi connectivity index (χ3n) is 27.0. The molecule has 0 aliphatic carbocycles. The molecular formula is C110H100N30O10. The summed E-state index contributed by atoms with van der Waals surface area (Å²) in [4.78, 5) is 82.1. The van der Waals surface area contributed by atoms with E-state index in [1.54, 1.807) is 141 Å². The number of nitrogens with one attached hydrogen (secondary N) is 10. The van der Waals surface area contributed by atoms with Gasteiger partial charge in [0, 0.05) is 151 Å². The molecule has 0 bridgehead atoms. The molecular weight excluding hydrogens is 1900 g/mol. The van der Waals surface area contributed by atoms with Crippen LogP contribution in [0.4, 0.5) is 0 Å². The number of aromatic nitrogens is 20. The molecule has 0 radical (unpaired) electrons. The molecule has 5 fully saturated rings. The summed E-state index contributed by atoms with van der Waals surface area (Å²) in [6.45, 7) is 9.01. The van der Waals surface area contributed by atoms with E-state index in [9.17, 15) is 26.3 Å². The summed E-state index contributed by atoms with van der Waals surface area (Å²) < 4.78 is 58.2. The molecule has 150 heavy (non-hydrogen) atoms. The molecule has 0 aromatic carbocycles. The van der Waals surface area contributed by atoms with Crippen molar-refractivity contribution in [1.29, 1.82) is 26.3 Å². The molecule has 25 heterocycles. The largest absolute Gasteiger partial charge is 0.495 e. The summed E-state index contributed by atoms with van der Waals surface area (Å²) in [6, 6.07) is 36.2. The minimum Gasteiger partial charge on any atom is -0.495 e. The molecule has 25 rings (SSSR count). The molecule has 750 valence electrons. The minimum absolute atomic E-state index is 0.0465. The maximum Gasteiger partial charge on any atom is 0.221 e. The second-order valence-corrected chi connectivity index (χ2v) is 36.2. The molecule has 5 saturated heterocycles. The van der Waals surface area contributed by atoms with Gasteiger partial charge in [0.15, 0.2) is 57.2 Å². The average molecular weight is 2000 g/mol. The highest BCUT2D eigenvalue weighted by atomic mass is 16.5. The Balaban J connectivity index is 0.000000109. The first kappa shape index (κ1) is 97.6. The number of hydrogen-bond donors (Lipinski definition) is 10. The van der Waals surface area contributed by atoms with Gasteiger partial charge in [0.05, 0.1) is 133 Å². The Hall–Kier alpha value is -18.5. The Morgan fingerprint density at radius 3 is 0.953 bits per heavy atom. The van der Waals surface area contributed by atoms with Crippen molar-refractivity contribution < 1.29 is 47.4 Å². The summed E-state index contributed by atoms with van der Waals surface area (Å²) in [5, 5.41) is 73.5. The van der Waals surface area contributed by atoms with Crippen molar-refractivity contribution in [3.05, 3.63) is 213 Å². The lowest BCUT2D eigenvalue weighted by atomic mass is 10.1. The van der Waals surface area contributed by atoms with Gasteiger partial charge in [-0.15, -0.1) is 0 Å². The number of pyridine rings is 15. The van der Waals surface area contributed by atoms with Gasteiger partial charge in [0.25, 0.3) is 0 Å². The lowest BCUT2D eigenvalue weighted by Gasteiger charge is -2.24. The lowest BCUT2D eigenvalue weighted by molar-refractivity contribution is 0.163. The van der Waals surface area contributed by atoms with Gasteiger partial charge in [-0.25, -0.2) is 64.8 Å². The van der Waals surface area contributed by atoms with Crippen LogP contribution in [-0.4, -0.2) is 231 Å². The summed E-state index contributed by atoms with van der Waals surface area (Å²) in [7, 11) is 8.01. The van der Waals surface area contributed by atoms with Crippen molar-refractivity contribution in [3.8, 4) is 144 Å². The van der Waals surface area contributed by atoms with Crippen molar-refractivity contribution in [3.63, 3.8) is 0 Å². The molecule has 0 spiro atoms. The summed E-state index contributed by atoms with van der Waals surface area (Å²) in [5.41, 5.74) is 18.0. The highest BCUT2D eigenvalue weighted by Crippen LogP contribution is 2.46. The Labute approximate surface area is 857 Å². The zero-order valence-corrected chi connectivity index (χ0v) is 82.4. The van der Waals surface area contributed by atoms with Crippen LogP contribution in [-0.2, 0) is 0 Å². The first-order valence-corrected chi connectivity index (χ1v) is 49.2. The highest BCUT2D eigenvalue weighted by molar-refractivity contribution is 6.15. The number of hydrogen-bond acceptors (Lipinski definition) is 35. The highest BCUT2D eigenvalue weighted by Gasteiger charge is 2.31. The summed E-state index contributed by atoms with van der Waals surface area (Å²) >= 11 is 0. The molecule has 0 atom stereocenters. The second-order valence-electron chi connectivity index (χ2n) is 36.2. The Bertz CT molecular complexity index is 8250. The first-order valence-electron chi connectivity index (χ1n) is 49.2. The summed E-state index contributed by atoms with van der Waals surface area (Å²) in [6.07, 6.45) is 38.4. The predicted molar refractivity (Wildman–Crippen MR) is 562 cm³/mol. The van der Waals surface area contributed by atoms with Gasteiger partial charge in [-0.3, -0.25) is 9.97 Å². The maximum absolute atomic E-state index is 9.66. The molecule has 40 nitrogen and oxygen atoms in total. The van der Waals surface area contributed by atoms with Crippen LogP contribution < -0.4 is 74.0 Å². The number of piperidine rings is 5. The van der Waals surface area contributed by atoms with Crippen LogP contribution >= 0.6 is 0 Å². The van der Waals surface area contributed by atoms with E-state index in [-0.39, 0.29) is 53.3 Å². The quantitative estimate of drug-likeness (QED) is 0.0339. The SMILES string of the molecule is COc1cc(-c2cnc3[nH]c4cnc(C#N)c(OC5CCNCC5)c4c3c2)ccn1.COc1ccc(-c2cnc3[nH]c4cnc(C#N)c(OC5CCNCC5)c4c3c2)cn1.COc1cncc(-c2cnc3[nH]c4cnc(C#N)c(OC5CCNCC5)c4c3c2)c1.COc1cnccc1-c1cnc2[nH]c3cnc(C#N)c(OC4CCNCC4)c3c2c1.COc1ncccc1-c1cnc2[nH]c3cnc(C#N)c(OC4CCNCC4)c3c2c1. The van der Waals surface area contributed by atoms with Crippen molar-refractivity contribution in [2.24, 2.45) is 0 Å². The normalized spacial score (nSPS) is 14.7. The van der Waals surface area contributed by atoms with Crippen LogP contribution in [0.1, 0.15) is 92.7 Å². The summed E-state index contributed by atoms with van der Waals surface area (Å²) in [5.74, 6) is 5.60. The fourth-order valence-electron chi connectivity index (χ4n) is 19.4. The molecule has 0 unspecified atom stereocenters. The van der Waals surface area contributed by atoms with E-state index in [4.69, 9.17) is 47.4 Å². The molecule has 20 aromatic rings. The van der Waals surface area contributed by atoms with Crippen LogP contribution in [0.15, 0.2) is 184 Å². The third-order valence-corrected chi connectivity index (χ3v) is 27.0. The van der Waals surface area contributed by atoms with E-state index >= 15 is 0 Å². The van der Waals surface area contributed by atoms with Crippen molar-refractivity contribution >= 4 is 110 Å². The molecule has 10 N–H and O–H groups in total. The number of fused-ring (bicyclic) bond motifs is 15. The fourth-order valence-corrected chi connectivity index (χ4v) is 19.4. The van der Waals surface area contributed by atoms with Gasteiger partial charge in [-0.05, 0) is 202 Å². The van der Waals surface area contributed by atoms with Crippen LogP contribution in [0.3, 0.4) is 0 Å². The fraction of sp³-hybridized carbons (Fsp3) is 0.273. The molecule has 40 heteroatoms. The molecule has 5 aliphatic heterocycles. The topological polar surface area (TPSA) is 544 Å². The smallest absolute Gasteiger partial charge is 0.221 e. The molecule has 0 saturated carbocycles. The van der Waals surface area contributed by atoms with Gasteiger partial charge in [-0.1, -0.05) is 0 Å². The maximum atomic E-state index is 9.66. The molecule has 5 aliphatic rings. The number of aromatic amines is 5. The zero-order chi connectivity index (χ0) is 103. The van der Waals surface area contributed by atoms with E-state index in [2.05, 4.69) is 157 Å². The number of methoxy groups -OCH3 is 5. The van der Waals surface area contributed by atoms with Crippen molar-refractivity contribution in [1.82, 2.24) is 126 Å². The van der Waals surface area contributed by atoms with Gasteiger partial charge < -0.3 is 98.9 Å². The number of nitrogens with zero attached hydrogens (tertiary/aromatic N) is 20. The predicted octanol–water partition coefficient (Wildman–Crippen LogP) is 15.9. The standard InChI is InChI=1S/5C22H20N6O2/c1-29-19-9-13(2-7-25-19)14-8-16-20-18(28-22(16)27-11-14)12-26-17(10-23)21(20)30-15-3-5-24-6-4-15;1-29-19-12-25-7-4-15(19)13-8-16-20-18(28-22(16)27-10-13)11-26-17(9-23)21(20)30-14-2-5-24-6-3-14;1-29-16-6-13(9-25-11-16)14-7-17-20-19(28-22(17)27-10-14)12-26-18(8-23)21(20)30-15-2-4-24-5-3-15;1-29-19-3-2-13(10-26-19)14-8-16-20-18(28-22(16)27-11-14)12-25-17(9-23)21(20)30-15-4-6-24-7-5-15;1-29-22-15(3-2-6-25-22)13-9-16-19-18(28-21(16)27-11-13)12-26-17(10-23)20(19)30-14-4-7-24-8-5-14/h2,7-9,11-12,15,24H,3-6H2,1H3,(H,27,28);4,7-8,10-12,14,24H,2-3,5-6H2,1H3,(H,27,28);6-7,9-12,15,24H,2-5H2,1H3,(H,27,28);2-3,8,10-12,15,24H,4-7H2,1H3,(H,27,28);2-3,6,9,11-12,14,24H,4-5,7-8H2,1H3,(H,27,28). The number of H-pyrrole nitrogens is 5. The average Bonchev–Trinajstić information content (AvgIpc) is 1.62. The monoisotopic (exact) mass is 2000 g/mol. The number of rotatable bonds is 20. The molecule has 20 aromatic heterocycles. The van der Waals surface area contributed by atoms with Gasteiger partial charge in [0.1, 0.15) is 101 Å². The second kappa shape index (κ2) is 44.6. The van der Waals surface area contributed by atoms with Crippen LogP contribution in [0.5, 0.6) is 57.9 Å². The molecule has 0 amide bonds. The number of ether oxygens (including phenoxy) is 10. The third kappa shape index (κ3) is 20.4. The van der Waals surface area contributed by atoms with E-state index in [0.29, 0.717) is 74.9 Å². The van der Waals surface area contributed by atoms with E-state index < -0.39 is 0 Å². The first-order chi connectivity index (χ1) is 73.8. The van der Waals surface area contributed by atoms with Crippen molar-refractivity contribution in [2.45, 2.75) is 94.7 Å². The van der Waals surface area contributed by atoms with E-state index in [0.717, 1.165) is 284 Å². The lowest BCUT2D eigenvalue weighted by Crippen LogP contribution is -2.34. The number of nitriles is 5. The van der Waals surface area contributed by atoms with E-state index in [1.807, 2.05) is 78.9 Å². The van der Waals surface area contributed by atoms with E-state index in [1.165, 1.54) is 0 Å². The van der Waals surface area contributed by atoms with Crippen LogP contribution in [0, 0.1) is 56.7 Å². The van der Waals surface area contributed by atoms with Gasteiger partial charge in [-0.2, -0.15) is 26.3 Å². The van der Waals surface area contributed by atoms with Crippen LogP contribution in [0.2, 0.25) is 0 Å². The van der Waals surface area contributed by atoms with Gasteiger partial charge >= 0.3 is 0 Å². The van der Waals surface area contributed by atoms with Gasteiger partial charge in [0.2, 0.25) is 17.6 Å². The van der Waals surface area contributed by atoms with Crippen molar-refractivity contribution in [2.75, 3.05) is 101 Å². The zero-order valence-electron chi connectivity index (χ0n) is 82.4. The van der Waals surface area contributed by atoms with Crippen LogP contribution in [0.25, 0.3) is 165 Å². The Morgan fingerprint density at radius 2 is 0.607 bits per heavy atom. The Kier molecular flexibility index (Phi) is 29.0. The minimum atomic E-state index is 0.0465. The Morgan fingerprint density at radius 1 is 0.260 bits per heavy atom.